The average Bonchev–Trinajstić information content (AvgIpc) is 3.23. The lowest BCUT2D eigenvalue weighted by molar-refractivity contribution is -0.135. The van der Waals surface area contributed by atoms with Crippen LogP contribution < -0.4 is 10.6 Å². The number of nitrogens with one attached hydrogen (secondary N) is 2. The van der Waals surface area contributed by atoms with E-state index in [2.05, 4.69) is 20.6 Å². The Balaban J connectivity index is 1.58. The first-order chi connectivity index (χ1) is 13.5. The number of likely N-dealkylation sites (tertiary alicyclic amines) is 1. The SMILES string of the molecule is CC(C)C(=O)N1CCC(NC(=O)c2nccnc2NC(=O)C2CCCC2)CC1. The van der Waals surface area contributed by atoms with Gasteiger partial charge in [-0.3, -0.25) is 14.4 Å². The fraction of sp³-hybridized carbons (Fsp3) is 0.650. The van der Waals surface area contributed by atoms with Gasteiger partial charge < -0.3 is 15.5 Å². The lowest BCUT2D eigenvalue weighted by Crippen LogP contribution is -2.47. The molecule has 2 heterocycles. The number of piperidine rings is 1. The van der Waals surface area contributed by atoms with Crippen molar-refractivity contribution >= 4 is 23.5 Å². The molecule has 1 aromatic heterocycles. The standard InChI is InChI=1S/C20H29N5O3/c1-13(2)20(28)25-11-7-15(8-12-25)23-19(27)16-17(22-10-9-21-16)24-18(26)14-5-3-4-6-14/h9-10,13-15H,3-8,11-12H2,1-2H3,(H,23,27)(H,22,24,26). The van der Waals surface area contributed by atoms with Gasteiger partial charge in [-0.25, -0.2) is 9.97 Å². The highest BCUT2D eigenvalue weighted by atomic mass is 16.2. The summed E-state index contributed by atoms with van der Waals surface area (Å²) in [6.45, 7) is 5.05. The molecule has 3 rings (SSSR count). The smallest absolute Gasteiger partial charge is 0.273 e. The summed E-state index contributed by atoms with van der Waals surface area (Å²) in [6, 6.07) is -0.0240. The molecule has 0 bridgehead atoms. The normalized spacial score (nSPS) is 18.3. The van der Waals surface area contributed by atoms with Crippen LogP contribution in [0.25, 0.3) is 0 Å². The Bertz CT molecular complexity index is 722. The number of hydrogen-bond donors (Lipinski definition) is 2. The molecular formula is C20H29N5O3. The molecule has 0 radical (unpaired) electrons. The summed E-state index contributed by atoms with van der Waals surface area (Å²) >= 11 is 0. The summed E-state index contributed by atoms with van der Waals surface area (Å²) < 4.78 is 0. The maximum Gasteiger partial charge on any atom is 0.273 e. The Labute approximate surface area is 165 Å². The van der Waals surface area contributed by atoms with Crippen LogP contribution in [0.2, 0.25) is 0 Å². The van der Waals surface area contributed by atoms with E-state index in [-0.39, 0.29) is 47.1 Å². The van der Waals surface area contributed by atoms with Crippen LogP contribution in [0.5, 0.6) is 0 Å². The first-order valence-electron chi connectivity index (χ1n) is 10.2. The van der Waals surface area contributed by atoms with Crippen molar-refractivity contribution in [3.05, 3.63) is 18.1 Å². The summed E-state index contributed by atoms with van der Waals surface area (Å²) in [7, 11) is 0. The number of rotatable bonds is 5. The van der Waals surface area contributed by atoms with E-state index in [1.165, 1.54) is 12.4 Å². The van der Waals surface area contributed by atoms with Gasteiger partial charge in [0.2, 0.25) is 11.8 Å². The monoisotopic (exact) mass is 387 g/mol. The van der Waals surface area contributed by atoms with Gasteiger partial charge in [0, 0.05) is 43.4 Å². The van der Waals surface area contributed by atoms with Crippen LogP contribution in [0.4, 0.5) is 5.82 Å². The lowest BCUT2D eigenvalue weighted by atomic mass is 10.0. The van der Waals surface area contributed by atoms with E-state index in [1.54, 1.807) is 0 Å². The second kappa shape index (κ2) is 9.12. The number of anilines is 1. The number of carbonyl (C=O) groups is 3. The van der Waals surface area contributed by atoms with Crippen LogP contribution in [0.1, 0.15) is 62.9 Å². The fourth-order valence-corrected chi connectivity index (χ4v) is 3.87. The van der Waals surface area contributed by atoms with Crippen LogP contribution in [0.3, 0.4) is 0 Å². The van der Waals surface area contributed by atoms with Crippen molar-refractivity contribution in [3.63, 3.8) is 0 Å². The predicted molar refractivity (Wildman–Crippen MR) is 105 cm³/mol. The minimum atomic E-state index is -0.344. The van der Waals surface area contributed by atoms with E-state index in [9.17, 15) is 14.4 Å². The van der Waals surface area contributed by atoms with Crippen LogP contribution in [0, 0.1) is 11.8 Å². The molecule has 1 aliphatic heterocycles. The van der Waals surface area contributed by atoms with Crippen molar-refractivity contribution in [1.29, 1.82) is 0 Å². The van der Waals surface area contributed by atoms with Gasteiger partial charge in [-0.05, 0) is 25.7 Å². The van der Waals surface area contributed by atoms with E-state index in [0.717, 1.165) is 25.7 Å². The molecule has 152 valence electrons. The highest BCUT2D eigenvalue weighted by Gasteiger charge is 2.28. The van der Waals surface area contributed by atoms with E-state index in [4.69, 9.17) is 0 Å². The second-order valence-electron chi connectivity index (χ2n) is 7.95. The Kier molecular flexibility index (Phi) is 6.59. The van der Waals surface area contributed by atoms with Crippen LogP contribution in [-0.4, -0.2) is 51.7 Å². The first kappa shape index (κ1) is 20.2. The first-order valence-corrected chi connectivity index (χ1v) is 10.2. The summed E-state index contributed by atoms with van der Waals surface area (Å²) in [5.74, 6) is -0.103. The van der Waals surface area contributed by atoms with Crippen molar-refractivity contribution in [2.45, 2.75) is 58.4 Å². The molecule has 1 saturated heterocycles. The molecule has 2 fully saturated rings. The largest absolute Gasteiger partial charge is 0.348 e. The van der Waals surface area contributed by atoms with E-state index >= 15 is 0 Å². The molecule has 8 heteroatoms. The van der Waals surface area contributed by atoms with Gasteiger partial charge in [0.25, 0.3) is 5.91 Å². The molecular weight excluding hydrogens is 358 g/mol. The molecule has 2 N–H and O–H groups in total. The minimum Gasteiger partial charge on any atom is -0.348 e. The van der Waals surface area contributed by atoms with Gasteiger partial charge in [0.05, 0.1) is 0 Å². The molecule has 2 aliphatic rings. The second-order valence-corrected chi connectivity index (χ2v) is 7.95. The molecule has 0 spiro atoms. The Hall–Kier alpha value is -2.51. The zero-order chi connectivity index (χ0) is 20.1. The molecule has 1 saturated carbocycles. The highest BCUT2D eigenvalue weighted by molar-refractivity contribution is 6.01. The molecule has 3 amide bonds. The van der Waals surface area contributed by atoms with Crippen LogP contribution >= 0.6 is 0 Å². The van der Waals surface area contributed by atoms with Crippen molar-refractivity contribution in [2.75, 3.05) is 18.4 Å². The summed E-state index contributed by atoms with van der Waals surface area (Å²) in [4.78, 5) is 47.3. The third-order valence-corrected chi connectivity index (χ3v) is 5.52. The molecule has 0 aromatic carbocycles. The summed E-state index contributed by atoms with van der Waals surface area (Å²) in [5.41, 5.74) is 0.134. The number of carbonyl (C=O) groups excluding carboxylic acids is 3. The van der Waals surface area contributed by atoms with Crippen LogP contribution in [-0.2, 0) is 9.59 Å². The molecule has 0 unspecified atom stereocenters. The third-order valence-electron chi connectivity index (χ3n) is 5.52. The minimum absolute atomic E-state index is 0.0132. The topological polar surface area (TPSA) is 104 Å². The molecule has 1 aromatic rings. The fourth-order valence-electron chi connectivity index (χ4n) is 3.87. The number of aromatic nitrogens is 2. The van der Waals surface area contributed by atoms with Gasteiger partial charge in [0.15, 0.2) is 11.5 Å². The Morgan fingerprint density at radius 1 is 1.04 bits per heavy atom. The van der Waals surface area contributed by atoms with Gasteiger partial charge in [0.1, 0.15) is 0 Å². The van der Waals surface area contributed by atoms with Crippen molar-refractivity contribution < 1.29 is 14.4 Å². The lowest BCUT2D eigenvalue weighted by Gasteiger charge is -2.33. The van der Waals surface area contributed by atoms with E-state index in [1.807, 2.05) is 18.7 Å². The predicted octanol–water partition coefficient (Wildman–Crippen LogP) is 1.98. The zero-order valence-electron chi connectivity index (χ0n) is 16.6. The van der Waals surface area contributed by atoms with Gasteiger partial charge in [-0.2, -0.15) is 0 Å². The molecule has 28 heavy (non-hydrogen) atoms. The average molecular weight is 387 g/mol. The summed E-state index contributed by atoms with van der Waals surface area (Å²) in [6.07, 6.45) is 8.19. The van der Waals surface area contributed by atoms with Crippen molar-refractivity contribution in [1.82, 2.24) is 20.2 Å². The van der Waals surface area contributed by atoms with Gasteiger partial charge in [-0.15, -0.1) is 0 Å². The molecule has 0 atom stereocenters. The van der Waals surface area contributed by atoms with Gasteiger partial charge >= 0.3 is 0 Å². The van der Waals surface area contributed by atoms with Gasteiger partial charge in [-0.1, -0.05) is 26.7 Å². The Morgan fingerprint density at radius 3 is 2.32 bits per heavy atom. The molecule has 8 nitrogen and oxygen atoms in total. The van der Waals surface area contributed by atoms with E-state index < -0.39 is 0 Å². The third kappa shape index (κ3) is 4.85. The highest BCUT2D eigenvalue weighted by Crippen LogP contribution is 2.26. The number of nitrogens with zero attached hydrogens (tertiary/aromatic N) is 3. The maximum atomic E-state index is 12.7. The number of amides is 3. The zero-order valence-corrected chi connectivity index (χ0v) is 16.6. The summed E-state index contributed by atoms with van der Waals surface area (Å²) in [5, 5.41) is 5.76. The molecule has 1 aliphatic carbocycles. The van der Waals surface area contributed by atoms with Crippen molar-refractivity contribution in [2.24, 2.45) is 11.8 Å². The van der Waals surface area contributed by atoms with Crippen molar-refractivity contribution in [3.8, 4) is 0 Å². The quantitative estimate of drug-likeness (QED) is 0.804. The Morgan fingerprint density at radius 2 is 1.68 bits per heavy atom. The maximum absolute atomic E-state index is 12.7. The number of hydrogen-bond acceptors (Lipinski definition) is 5. The van der Waals surface area contributed by atoms with E-state index in [0.29, 0.717) is 25.9 Å². The van der Waals surface area contributed by atoms with Crippen LogP contribution in [0.15, 0.2) is 12.4 Å².